The lowest BCUT2D eigenvalue weighted by atomic mass is 9.97. The summed E-state index contributed by atoms with van der Waals surface area (Å²) in [6.45, 7) is 0. The van der Waals surface area contributed by atoms with Gasteiger partial charge in [-0.2, -0.15) is 0 Å². The summed E-state index contributed by atoms with van der Waals surface area (Å²) in [5.41, 5.74) is 7.96. The third-order valence-corrected chi connectivity index (χ3v) is 9.70. The molecule has 0 aliphatic carbocycles. The summed E-state index contributed by atoms with van der Waals surface area (Å²) in [5.74, 6) is 0.699. The second kappa shape index (κ2) is 10.5. The Kier molecular flexibility index (Phi) is 6.00. The Bertz CT molecular complexity index is 2460. The van der Waals surface area contributed by atoms with Crippen molar-refractivity contribution < 1.29 is 0 Å². The smallest absolute Gasteiger partial charge is 0.160 e. The van der Waals surface area contributed by atoms with Crippen LogP contribution in [0.15, 0.2) is 152 Å². The molecule has 9 rings (SSSR count). The van der Waals surface area contributed by atoms with Crippen molar-refractivity contribution in [3.05, 3.63) is 152 Å². The predicted molar refractivity (Wildman–Crippen MR) is 189 cm³/mol. The van der Waals surface area contributed by atoms with Gasteiger partial charge in [0.1, 0.15) is 0 Å². The first-order valence-corrected chi connectivity index (χ1v) is 15.9. The van der Waals surface area contributed by atoms with Crippen LogP contribution >= 0.6 is 11.3 Å². The molecule has 0 fully saturated rings. The van der Waals surface area contributed by atoms with E-state index in [-0.39, 0.29) is 0 Å². The molecular formula is C41H25N3S. The average molecular weight is 592 g/mol. The van der Waals surface area contributed by atoms with Crippen LogP contribution < -0.4 is 0 Å². The second-order valence-corrected chi connectivity index (χ2v) is 12.3. The zero-order valence-electron chi connectivity index (χ0n) is 24.2. The zero-order chi connectivity index (χ0) is 29.7. The van der Waals surface area contributed by atoms with Crippen LogP contribution in [0.2, 0.25) is 0 Å². The third-order valence-electron chi connectivity index (χ3n) is 8.49. The van der Waals surface area contributed by atoms with E-state index in [1.54, 1.807) is 0 Å². The van der Waals surface area contributed by atoms with Gasteiger partial charge in [0.2, 0.25) is 0 Å². The molecule has 210 valence electrons. The maximum absolute atomic E-state index is 5.28. The molecule has 6 aromatic carbocycles. The fraction of sp³-hybridized carbons (Fsp3) is 0. The largest absolute Gasteiger partial charge is 0.247 e. The lowest BCUT2D eigenvalue weighted by Crippen LogP contribution is -1.96. The summed E-state index contributed by atoms with van der Waals surface area (Å²) < 4.78 is 2.57. The van der Waals surface area contributed by atoms with Gasteiger partial charge in [0.25, 0.3) is 0 Å². The number of hydrogen-bond donors (Lipinski definition) is 0. The quantitative estimate of drug-likeness (QED) is 0.191. The fourth-order valence-electron chi connectivity index (χ4n) is 6.30. The standard InChI is InChI=1S/C41H25N3S/c1-3-11-26(12-4-1)35-25-36(27-13-5-2-6-14-27)44-41(43-35)29-21-19-28(20-22-29)39-38-32(30-15-7-9-17-34(30)42-39)23-24-33-31-16-8-10-18-37(31)45-40(33)38/h1-25H. The Morgan fingerprint density at radius 2 is 0.978 bits per heavy atom. The molecule has 0 aliphatic heterocycles. The molecule has 3 aromatic heterocycles. The summed E-state index contributed by atoms with van der Waals surface area (Å²) in [7, 11) is 0. The van der Waals surface area contributed by atoms with Crippen LogP contribution in [-0.2, 0) is 0 Å². The van der Waals surface area contributed by atoms with Gasteiger partial charge in [-0.25, -0.2) is 15.0 Å². The van der Waals surface area contributed by atoms with E-state index < -0.39 is 0 Å². The summed E-state index contributed by atoms with van der Waals surface area (Å²) >= 11 is 1.85. The van der Waals surface area contributed by atoms with Gasteiger partial charge in [-0.15, -0.1) is 11.3 Å². The highest BCUT2D eigenvalue weighted by Crippen LogP contribution is 2.43. The van der Waals surface area contributed by atoms with E-state index in [4.69, 9.17) is 15.0 Å². The van der Waals surface area contributed by atoms with E-state index in [1.165, 1.54) is 36.3 Å². The predicted octanol–water partition coefficient (Wildman–Crippen LogP) is 11.2. The van der Waals surface area contributed by atoms with Crippen molar-refractivity contribution in [2.45, 2.75) is 0 Å². The van der Waals surface area contributed by atoms with Crippen molar-refractivity contribution in [3.8, 4) is 45.2 Å². The number of pyridine rings is 1. The number of aromatic nitrogens is 3. The van der Waals surface area contributed by atoms with Crippen molar-refractivity contribution in [3.63, 3.8) is 0 Å². The molecule has 3 nitrogen and oxygen atoms in total. The number of fused-ring (bicyclic) bond motifs is 7. The van der Waals surface area contributed by atoms with Crippen molar-refractivity contribution in [2.75, 3.05) is 0 Å². The monoisotopic (exact) mass is 591 g/mol. The molecular weight excluding hydrogens is 567 g/mol. The summed E-state index contributed by atoms with van der Waals surface area (Å²) in [5, 5.41) is 6.17. The summed E-state index contributed by atoms with van der Waals surface area (Å²) in [4.78, 5) is 15.3. The molecule has 0 saturated heterocycles. The molecule has 0 atom stereocenters. The third kappa shape index (κ3) is 4.38. The lowest BCUT2D eigenvalue weighted by Gasteiger charge is -2.12. The molecule has 0 bridgehead atoms. The van der Waals surface area contributed by atoms with Crippen LogP contribution in [0.25, 0.3) is 87.0 Å². The molecule has 0 aliphatic rings. The second-order valence-electron chi connectivity index (χ2n) is 11.2. The van der Waals surface area contributed by atoms with E-state index in [0.29, 0.717) is 5.82 Å². The van der Waals surface area contributed by atoms with Gasteiger partial charge in [0, 0.05) is 53.2 Å². The molecule has 4 heteroatoms. The first-order valence-electron chi connectivity index (χ1n) is 15.0. The van der Waals surface area contributed by atoms with Gasteiger partial charge in [-0.05, 0) is 23.6 Å². The fourth-order valence-corrected chi connectivity index (χ4v) is 7.55. The SMILES string of the molecule is c1ccc(-c2cc(-c3ccccc3)nc(-c3ccc(-c4nc5ccccc5c5ccc6c7ccccc7sc6c45)cc3)n2)cc1. The molecule has 0 N–H and O–H groups in total. The van der Waals surface area contributed by atoms with Crippen LogP contribution in [0.3, 0.4) is 0 Å². The molecule has 0 radical (unpaired) electrons. The van der Waals surface area contributed by atoms with Crippen LogP contribution in [0.4, 0.5) is 0 Å². The van der Waals surface area contributed by atoms with Crippen LogP contribution in [-0.4, -0.2) is 15.0 Å². The molecule has 45 heavy (non-hydrogen) atoms. The highest BCUT2D eigenvalue weighted by atomic mass is 32.1. The highest BCUT2D eigenvalue weighted by molar-refractivity contribution is 7.26. The minimum absolute atomic E-state index is 0.699. The van der Waals surface area contributed by atoms with Crippen molar-refractivity contribution in [2.24, 2.45) is 0 Å². The Balaban J connectivity index is 1.23. The summed E-state index contributed by atoms with van der Waals surface area (Å²) in [6, 6.07) is 52.9. The number of hydrogen-bond acceptors (Lipinski definition) is 4. The van der Waals surface area contributed by atoms with Crippen molar-refractivity contribution >= 4 is 53.2 Å². The Morgan fingerprint density at radius 3 is 1.69 bits per heavy atom. The number of para-hydroxylation sites is 1. The van der Waals surface area contributed by atoms with Gasteiger partial charge < -0.3 is 0 Å². The number of thiophene rings is 1. The van der Waals surface area contributed by atoms with Crippen molar-refractivity contribution in [1.82, 2.24) is 15.0 Å². The molecule has 0 amide bonds. The average Bonchev–Trinajstić information content (AvgIpc) is 3.51. The number of benzene rings is 6. The zero-order valence-corrected chi connectivity index (χ0v) is 25.0. The van der Waals surface area contributed by atoms with Crippen LogP contribution in [0, 0.1) is 0 Å². The molecule has 9 aromatic rings. The van der Waals surface area contributed by atoms with E-state index in [2.05, 4.69) is 115 Å². The van der Waals surface area contributed by atoms with Gasteiger partial charge in [-0.1, -0.05) is 133 Å². The lowest BCUT2D eigenvalue weighted by molar-refractivity contribution is 1.18. The minimum atomic E-state index is 0.699. The number of nitrogens with zero attached hydrogens (tertiary/aromatic N) is 3. The van der Waals surface area contributed by atoms with E-state index in [9.17, 15) is 0 Å². The van der Waals surface area contributed by atoms with E-state index in [0.717, 1.165) is 44.9 Å². The normalized spacial score (nSPS) is 11.6. The Labute approximate surface area is 264 Å². The summed E-state index contributed by atoms with van der Waals surface area (Å²) in [6.07, 6.45) is 0. The van der Waals surface area contributed by atoms with Crippen LogP contribution in [0.1, 0.15) is 0 Å². The molecule has 0 spiro atoms. The maximum Gasteiger partial charge on any atom is 0.160 e. The first-order chi connectivity index (χ1) is 22.3. The van der Waals surface area contributed by atoms with Gasteiger partial charge in [-0.3, -0.25) is 0 Å². The maximum atomic E-state index is 5.28. The first kappa shape index (κ1) is 25.8. The van der Waals surface area contributed by atoms with E-state index >= 15 is 0 Å². The Hall–Kier alpha value is -5.71. The molecule has 3 heterocycles. The Morgan fingerprint density at radius 1 is 0.400 bits per heavy atom. The van der Waals surface area contributed by atoms with Crippen molar-refractivity contribution in [1.29, 1.82) is 0 Å². The molecule has 0 saturated carbocycles. The highest BCUT2D eigenvalue weighted by Gasteiger charge is 2.17. The molecule has 0 unspecified atom stereocenters. The number of rotatable bonds is 4. The van der Waals surface area contributed by atoms with Crippen LogP contribution in [0.5, 0.6) is 0 Å². The topological polar surface area (TPSA) is 38.7 Å². The van der Waals surface area contributed by atoms with E-state index in [1.807, 2.05) is 47.7 Å². The van der Waals surface area contributed by atoms with Gasteiger partial charge in [0.15, 0.2) is 5.82 Å². The van der Waals surface area contributed by atoms with Gasteiger partial charge in [0.05, 0.1) is 22.6 Å². The van der Waals surface area contributed by atoms with Gasteiger partial charge >= 0.3 is 0 Å². The minimum Gasteiger partial charge on any atom is -0.247 e.